The van der Waals surface area contributed by atoms with Crippen LogP contribution in [-0.4, -0.2) is 14.2 Å². The average Bonchev–Trinajstić information content (AvgIpc) is 2.61. The van der Waals surface area contributed by atoms with Crippen LogP contribution in [0.15, 0.2) is 40.8 Å². The number of allylic oxidation sites excluding steroid dienone is 2. The Labute approximate surface area is 142 Å². The Kier molecular flexibility index (Phi) is 4.39. The van der Waals surface area contributed by atoms with E-state index in [-0.39, 0.29) is 12.0 Å². The molecule has 0 saturated carbocycles. The van der Waals surface area contributed by atoms with Crippen LogP contribution < -0.4 is 15.2 Å². The standard InChI is InChI=1S/C19H22N2O3/c1-11-5-4-6-13-17(11)14(10-20)19(21)24-18(13)12-7-8-15(22-2)16(9-12)23-3/h7-9,11,18H,4-6,21H2,1-3H3. The van der Waals surface area contributed by atoms with Crippen LogP contribution in [0.4, 0.5) is 0 Å². The van der Waals surface area contributed by atoms with E-state index in [4.69, 9.17) is 19.9 Å². The van der Waals surface area contributed by atoms with Crippen molar-refractivity contribution in [2.45, 2.75) is 32.3 Å². The van der Waals surface area contributed by atoms with Crippen molar-refractivity contribution in [3.63, 3.8) is 0 Å². The molecule has 0 amide bonds. The van der Waals surface area contributed by atoms with Crippen molar-refractivity contribution >= 4 is 0 Å². The van der Waals surface area contributed by atoms with E-state index < -0.39 is 0 Å². The molecule has 126 valence electrons. The highest BCUT2D eigenvalue weighted by atomic mass is 16.5. The van der Waals surface area contributed by atoms with Gasteiger partial charge in [0.05, 0.1) is 14.2 Å². The summed E-state index contributed by atoms with van der Waals surface area (Å²) >= 11 is 0. The first kappa shape index (κ1) is 16.3. The van der Waals surface area contributed by atoms with Crippen LogP contribution in [0.25, 0.3) is 0 Å². The molecule has 1 aromatic rings. The third-order valence-electron chi connectivity index (χ3n) is 4.82. The Hall–Kier alpha value is -2.61. The first-order chi connectivity index (χ1) is 11.6. The Morgan fingerprint density at radius 3 is 2.67 bits per heavy atom. The summed E-state index contributed by atoms with van der Waals surface area (Å²) in [6, 6.07) is 7.96. The summed E-state index contributed by atoms with van der Waals surface area (Å²) in [5.41, 5.74) is 9.73. The first-order valence-corrected chi connectivity index (χ1v) is 8.12. The summed E-state index contributed by atoms with van der Waals surface area (Å²) in [7, 11) is 3.22. The molecule has 5 heteroatoms. The lowest BCUT2D eigenvalue weighted by Gasteiger charge is -2.35. The molecule has 2 aliphatic rings. The average molecular weight is 326 g/mol. The van der Waals surface area contributed by atoms with Crippen LogP contribution in [-0.2, 0) is 4.74 Å². The van der Waals surface area contributed by atoms with E-state index in [9.17, 15) is 5.26 Å². The summed E-state index contributed by atoms with van der Waals surface area (Å²) in [5, 5.41) is 9.49. The Morgan fingerprint density at radius 2 is 2.00 bits per heavy atom. The molecule has 2 unspecified atom stereocenters. The van der Waals surface area contributed by atoms with Gasteiger partial charge in [0.15, 0.2) is 11.5 Å². The van der Waals surface area contributed by atoms with Gasteiger partial charge < -0.3 is 19.9 Å². The minimum absolute atomic E-state index is 0.213. The third-order valence-corrected chi connectivity index (χ3v) is 4.82. The molecule has 1 heterocycles. The van der Waals surface area contributed by atoms with Crippen molar-refractivity contribution in [1.82, 2.24) is 0 Å². The van der Waals surface area contributed by atoms with E-state index in [0.717, 1.165) is 36.0 Å². The van der Waals surface area contributed by atoms with Crippen LogP contribution in [0.2, 0.25) is 0 Å². The highest BCUT2D eigenvalue weighted by Gasteiger charge is 2.35. The van der Waals surface area contributed by atoms with Gasteiger partial charge in [-0.25, -0.2) is 0 Å². The van der Waals surface area contributed by atoms with Crippen molar-refractivity contribution in [3.8, 4) is 17.6 Å². The lowest BCUT2D eigenvalue weighted by atomic mass is 9.76. The van der Waals surface area contributed by atoms with Gasteiger partial charge in [0.1, 0.15) is 17.7 Å². The quantitative estimate of drug-likeness (QED) is 0.918. The molecular formula is C19H22N2O3. The summed E-state index contributed by atoms with van der Waals surface area (Å²) in [6.45, 7) is 2.15. The summed E-state index contributed by atoms with van der Waals surface area (Å²) in [5.74, 6) is 1.85. The molecule has 0 radical (unpaired) electrons. The van der Waals surface area contributed by atoms with Crippen LogP contribution in [0.5, 0.6) is 11.5 Å². The predicted octanol–water partition coefficient (Wildman–Crippen LogP) is 3.59. The fourth-order valence-electron chi connectivity index (χ4n) is 3.66. The van der Waals surface area contributed by atoms with Gasteiger partial charge >= 0.3 is 0 Å². The van der Waals surface area contributed by atoms with E-state index in [1.807, 2.05) is 18.2 Å². The Morgan fingerprint density at radius 1 is 1.25 bits per heavy atom. The van der Waals surface area contributed by atoms with Gasteiger partial charge in [0, 0.05) is 5.56 Å². The Bertz CT molecular complexity index is 758. The van der Waals surface area contributed by atoms with E-state index >= 15 is 0 Å². The molecule has 5 nitrogen and oxygen atoms in total. The van der Waals surface area contributed by atoms with Gasteiger partial charge in [-0.1, -0.05) is 13.0 Å². The molecule has 24 heavy (non-hydrogen) atoms. The van der Waals surface area contributed by atoms with E-state index in [0.29, 0.717) is 23.0 Å². The van der Waals surface area contributed by atoms with Crippen LogP contribution in [0.3, 0.4) is 0 Å². The smallest absolute Gasteiger partial charge is 0.203 e. The maximum absolute atomic E-state index is 9.49. The second-order valence-corrected chi connectivity index (χ2v) is 6.20. The lowest BCUT2D eigenvalue weighted by molar-refractivity contribution is 0.127. The number of hydrogen-bond donors (Lipinski definition) is 1. The zero-order valence-electron chi connectivity index (χ0n) is 14.3. The highest BCUT2D eigenvalue weighted by molar-refractivity contribution is 5.54. The molecule has 2 N–H and O–H groups in total. The molecule has 0 aromatic heterocycles. The van der Waals surface area contributed by atoms with E-state index in [1.54, 1.807) is 14.2 Å². The normalized spacial score (nSPS) is 23.2. The summed E-state index contributed by atoms with van der Waals surface area (Å²) in [6.07, 6.45) is 2.79. The summed E-state index contributed by atoms with van der Waals surface area (Å²) in [4.78, 5) is 0. The second kappa shape index (κ2) is 6.48. The molecule has 0 bridgehead atoms. The second-order valence-electron chi connectivity index (χ2n) is 6.20. The van der Waals surface area contributed by atoms with Gasteiger partial charge in [0.25, 0.3) is 0 Å². The van der Waals surface area contributed by atoms with Crippen molar-refractivity contribution < 1.29 is 14.2 Å². The fourth-order valence-corrected chi connectivity index (χ4v) is 3.66. The highest BCUT2D eigenvalue weighted by Crippen LogP contribution is 2.47. The van der Waals surface area contributed by atoms with E-state index in [2.05, 4.69) is 13.0 Å². The van der Waals surface area contributed by atoms with Crippen LogP contribution in [0, 0.1) is 17.2 Å². The van der Waals surface area contributed by atoms with Crippen LogP contribution in [0.1, 0.15) is 37.9 Å². The first-order valence-electron chi connectivity index (χ1n) is 8.12. The van der Waals surface area contributed by atoms with Crippen molar-refractivity contribution in [2.75, 3.05) is 14.2 Å². The fraction of sp³-hybridized carbons (Fsp3) is 0.421. The van der Waals surface area contributed by atoms with E-state index in [1.165, 1.54) is 0 Å². The molecule has 0 fully saturated rings. The number of methoxy groups -OCH3 is 2. The molecule has 0 spiro atoms. The van der Waals surface area contributed by atoms with Crippen molar-refractivity contribution in [2.24, 2.45) is 11.7 Å². The van der Waals surface area contributed by atoms with Gasteiger partial charge in [-0.15, -0.1) is 0 Å². The number of ether oxygens (including phenoxy) is 3. The van der Waals surface area contributed by atoms with Gasteiger partial charge in [0.2, 0.25) is 5.88 Å². The SMILES string of the molecule is COc1ccc(C2OC(N)=C(C#N)C3=C2CCCC3C)cc1OC. The maximum atomic E-state index is 9.49. The molecule has 1 aliphatic carbocycles. The van der Waals surface area contributed by atoms with Crippen molar-refractivity contribution in [1.29, 1.82) is 5.26 Å². The van der Waals surface area contributed by atoms with Crippen molar-refractivity contribution in [3.05, 3.63) is 46.4 Å². The number of nitrogens with two attached hydrogens (primary N) is 1. The zero-order valence-corrected chi connectivity index (χ0v) is 14.3. The van der Waals surface area contributed by atoms with Gasteiger partial charge in [-0.05, 0) is 48.5 Å². The number of nitrogens with zero attached hydrogens (tertiary/aromatic N) is 1. The van der Waals surface area contributed by atoms with Crippen LogP contribution >= 0.6 is 0 Å². The molecule has 2 atom stereocenters. The number of benzene rings is 1. The number of hydrogen-bond acceptors (Lipinski definition) is 5. The molecule has 3 rings (SSSR count). The minimum atomic E-state index is -0.278. The number of nitriles is 1. The molecule has 1 aromatic carbocycles. The zero-order chi connectivity index (χ0) is 17.3. The van der Waals surface area contributed by atoms with Gasteiger partial charge in [-0.3, -0.25) is 0 Å². The minimum Gasteiger partial charge on any atom is -0.493 e. The summed E-state index contributed by atoms with van der Waals surface area (Å²) < 4.78 is 16.7. The molecule has 1 aliphatic heterocycles. The Balaban J connectivity index is 2.10. The third kappa shape index (κ3) is 2.58. The monoisotopic (exact) mass is 326 g/mol. The molecule has 0 saturated heterocycles. The topological polar surface area (TPSA) is 77.5 Å². The maximum Gasteiger partial charge on any atom is 0.203 e. The molecular weight excluding hydrogens is 304 g/mol. The lowest BCUT2D eigenvalue weighted by Crippen LogP contribution is -2.26. The predicted molar refractivity (Wildman–Crippen MR) is 90.2 cm³/mol. The van der Waals surface area contributed by atoms with Gasteiger partial charge in [-0.2, -0.15) is 5.26 Å². The largest absolute Gasteiger partial charge is 0.493 e. The number of rotatable bonds is 3.